The molecule has 1 aliphatic rings. The molecule has 0 aliphatic carbocycles. The fourth-order valence-electron chi connectivity index (χ4n) is 3.30. The average molecular weight is 392 g/mol. The third kappa shape index (κ3) is 4.88. The van der Waals surface area contributed by atoms with E-state index >= 15 is 0 Å². The zero-order chi connectivity index (χ0) is 20.1. The van der Waals surface area contributed by atoms with Crippen LogP contribution < -0.4 is 5.32 Å². The molecular formula is C22H24N4O3. The Morgan fingerprint density at radius 2 is 1.86 bits per heavy atom. The molecule has 1 amide bonds. The second kappa shape index (κ2) is 8.98. The van der Waals surface area contributed by atoms with Crippen molar-refractivity contribution in [2.45, 2.75) is 20.0 Å². The molecule has 29 heavy (non-hydrogen) atoms. The van der Waals surface area contributed by atoms with Crippen LogP contribution in [0.3, 0.4) is 0 Å². The van der Waals surface area contributed by atoms with Crippen molar-refractivity contribution in [3.63, 3.8) is 0 Å². The van der Waals surface area contributed by atoms with Crippen LogP contribution in [0.1, 0.15) is 27.4 Å². The van der Waals surface area contributed by atoms with Crippen molar-refractivity contribution in [2.24, 2.45) is 0 Å². The van der Waals surface area contributed by atoms with E-state index in [9.17, 15) is 4.79 Å². The number of aryl methyl sites for hydroxylation is 1. The van der Waals surface area contributed by atoms with Crippen LogP contribution in [0.4, 0.5) is 0 Å². The average Bonchev–Trinajstić information content (AvgIpc) is 3.22. The number of carbonyl (C=O) groups is 1. The minimum absolute atomic E-state index is 0.168. The van der Waals surface area contributed by atoms with Crippen molar-refractivity contribution in [3.8, 4) is 11.4 Å². The molecule has 3 aromatic rings. The second-order valence-corrected chi connectivity index (χ2v) is 7.09. The van der Waals surface area contributed by atoms with Gasteiger partial charge in [-0.2, -0.15) is 4.98 Å². The molecule has 1 saturated heterocycles. The highest BCUT2D eigenvalue weighted by Gasteiger charge is 2.13. The summed E-state index contributed by atoms with van der Waals surface area (Å²) in [7, 11) is 0. The lowest BCUT2D eigenvalue weighted by Gasteiger charge is -2.26. The Balaban J connectivity index is 1.32. The fraction of sp³-hybridized carbons (Fsp3) is 0.318. The highest BCUT2D eigenvalue weighted by molar-refractivity contribution is 5.94. The van der Waals surface area contributed by atoms with E-state index in [1.807, 2.05) is 55.5 Å². The van der Waals surface area contributed by atoms with Crippen molar-refractivity contribution in [1.82, 2.24) is 20.4 Å². The van der Waals surface area contributed by atoms with Gasteiger partial charge in [-0.15, -0.1) is 0 Å². The molecule has 150 valence electrons. The summed E-state index contributed by atoms with van der Waals surface area (Å²) in [5.41, 5.74) is 3.78. The lowest BCUT2D eigenvalue weighted by atomic mass is 10.1. The smallest absolute Gasteiger partial charge is 0.251 e. The largest absolute Gasteiger partial charge is 0.379 e. The van der Waals surface area contributed by atoms with Gasteiger partial charge in [0.1, 0.15) is 0 Å². The predicted molar refractivity (Wildman–Crippen MR) is 108 cm³/mol. The third-order valence-corrected chi connectivity index (χ3v) is 4.98. The van der Waals surface area contributed by atoms with E-state index in [4.69, 9.17) is 9.26 Å². The molecule has 1 N–H and O–H groups in total. The van der Waals surface area contributed by atoms with Crippen LogP contribution >= 0.6 is 0 Å². The summed E-state index contributed by atoms with van der Waals surface area (Å²) < 4.78 is 10.6. The summed E-state index contributed by atoms with van der Waals surface area (Å²) in [6.07, 6.45) is 0. The van der Waals surface area contributed by atoms with Crippen LogP contribution in [0.5, 0.6) is 0 Å². The van der Waals surface area contributed by atoms with Crippen LogP contribution in [0, 0.1) is 6.92 Å². The maximum absolute atomic E-state index is 12.4. The molecule has 1 aromatic heterocycles. The van der Waals surface area contributed by atoms with Gasteiger partial charge in [-0.1, -0.05) is 41.6 Å². The molecule has 0 unspecified atom stereocenters. The Hall–Kier alpha value is -3.03. The molecule has 1 aliphatic heterocycles. The number of rotatable bonds is 6. The summed E-state index contributed by atoms with van der Waals surface area (Å²) in [4.78, 5) is 19.1. The molecule has 0 bridgehead atoms. The van der Waals surface area contributed by atoms with Crippen LogP contribution in [0.2, 0.25) is 0 Å². The molecule has 7 nitrogen and oxygen atoms in total. The molecule has 1 fully saturated rings. The Bertz CT molecular complexity index is 962. The quantitative estimate of drug-likeness (QED) is 0.695. The molecule has 2 heterocycles. The zero-order valence-corrected chi connectivity index (χ0v) is 16.4. The summed E-state index contributed by atoms with van der Waals surface area (Å²) in [6, 6.07) is 15.5. The number of ether oxygens (including phenoxy) is 1. The minimum Gasteiger partial charge on any atom is -0.379 e. The van der Waals surface area contributed by atoms with Crippen LogP contribution in [0.25, 0.3) is 11.4 Å². The third-order valence-electron chi connectivity index (χ3n) is 4.98. The summed E-state index contributed by atoms with van der Waals surface area (Å²) >= 11 is 0. The Morgan fingerprint density at radius 1 is 1.10 bits per heavy atom. The van der Waals surface area contributed by atoms with Gasteiger partial charge in [0.2, 0.25) is 11.7 Å². The number of hydrogen-bond acceptors (Lipinski definition) is 6. The van der Waals surface area contributed by atoms with E-state index in [2.05, 4.69) is 20.4 Å². The van der Waals surface area contributed by atoms with Crippen molar-refractivity contribution in [1.29, 1.82) is 0 Å². The lowest BCUT2D eigenvalue weighted by Crippen LogP contribution is -2.35. The Kier molecular flexibility index (Phi) is 5.97. The number of carbonyl (C=O) groups excluding carboxylic acids is 1. The maximum Gasteiger partial charge on any atom is 0.251 e. The Morgan fingerprint density at radius 3 is 2.62 bits per heavy atom. The topological polar surface area (TPSA) is 80.5 Å². The van der Waals surface area contributed by atoms with Gasteiger partial charge in [-0.3, -0.25) is 9.69 Å². The van der Waals surface area contributed by atoms with Crippen LogP contribution in [-0.2, 0) is 17.8 Å². The number of nitrogens with one attached hydrogen (secondary N) is 1. The molecule has 0 radical (unpaired) electrons. The van der Waals surface area contributed by atoms with Gasteiger partial charge in [0.25, 0.3) is 5.91 Å². The van der Waals surface area contributed by atoms with Gasteiger partial charge >= 0.3 is 0 Å². The van der Waals surface area contributed by atoms with Gasteiger partial charge in [0, 0.05) is 30.8 Å². The van der Waals surface area contributed by atoms with E-state index < -0.39 is 0 Å². The number of amides is 1. The van der Waals surface area contributed by atoms with E-state index in [1.54, 1.807) is 0 Å². The van der Waals surface area contributed by atoms with Crippen molar-refractivity contribution < 1.29 is 14.1 Å². The number of benzene rings is 2. The highest BCUT2D eigenvalue weighted by atomic mass is 16.5. The van der Waals surface area contributed by atoms with Crippen molar-refractivity contribution in [3.05, 3.63) is 71.1 Å². The van der Waals surface area contributed by atoms with Gasteiger partial charge < -0.3 is 14.6 Å². The van der Waals surface area contributed by atoms with E-state index in [-0.39, 0.29) is 12.5 Å². The van der Waals surface area contributed by atoms with Gasteiger partial charge in [0.05, 0.1) is 19.8 Å². The van der Waals surface area contributed by atoms with Crippen LogP contribution in [-0.4, -0.2) is 47.3 Å². The normalized spacial score (nSPS) is 14.7. The fourth-order valence-corrected chi connectivity index (χ4v) is 3.30. The molecule has 7 heteroatoms. The SMILES string of the molecule is Cc1ccccc1-c1noc(CNC(=O)c2ccc(CN3CCOCC3)cc2)n1. The zero-order valence-electron chi connectivity index (χ0n) is 16.4. The van der Waals surface area contributed by atoms with Gasteiger partial charge in [-0.05, 0) is 30.2 Å². The van der Waals surface area contributed by atoms with Crippen LogP contribution in [0.15, 0.2) is 53.1 Å². The number of aromatic nitrogens is 2. The number of nitrogens with zero attached hydrogens (tertiary/aromatic N) is 3. The molecule has 0 saturated carbocycles. The predicted octanol–water partition coefficient (Wildman–Crippen LogP) is 2.81. The first kappa shape index (κ1) is 19.3. The Labute approximate surface area is 169 Å². The highest BCUT2D eigenvalue weighted by Crippen LogP contribution is 2.19. The first-order valence-corrected chi connectivity index (χ1v) is 9.75. The first-order chi connectivity index (χ1) is 14.2. The van der Waals surface area contributed by atoms with Gasteiger partial charge in [0.15, 0.2) is 0 Å². The second-order valence-electron chi connectivity index (χ2n) is 7.09. The molecule has 4 rings (SSSR count). The number of hydrogen-bond donors (Lipinski definition) is 1. The number of morpholine rings is 1. The van der Waals surface area contributed by atoms with Crippen molar-refractivity contribution >= 4 is 5.91 Å². The standard InChI is InChI=1S/C22H24N4O3/c1-16-4-2-3-5-19(16)21-24-20(29-25-21)14-23-22(27)18-8-6-17(7-9-18)15-26-10-12-28-13-11-26/h2-9H,10-15H2,1H3,(H,23,27). The first-order valence-electron chi connectivity index (χ1n) is 9.75. The summed E-state index contributed by atoms with van der Waals surface area (Å²) in [5, 5.41) is 6.85. The van der Waals surface area contributed by atoms with Crippen molar-refractivity contribution in [2.75, 3.05) is 26.3 Å². The van der Waals surface area contributed by atoms with Gasteiger partial charge in [-0.25, -0.2) is 0 Å². The van der Waals surface area contributed by atoms with E-state index in [0.717, 1.165) is 44.0 Å². The molecule has 0 atom stereocenters. The monoisotopic (exact) mass is 392 g/mol. The lowest BCUT2D eigenvalue weighted by molar-refractivity contribution is 0.0342. The summed E-state index contributed by atoms with van der Waals surface area (Å²) in [6.45, 7) is 6.50. The molecule has 0 spiro atoms. The maximum atomic E-state index is 12.4. The molecular weight excluding hydrogens is 368 g/mol. The molecule has 2 aromatic carbocycles. The van der Waals surface area contributed by atoms with E-state index in [0.29, 0.717) is 17.3 Å². The minimum atomic E-state index is -0.168. The van der Waals surface area contributed by atoms with E-state index in [1.165, 1.54) is 5.56 Å². The summed E-state index contributed by atoms with van der Waals surface area (Å²) in [5.74, 6) is 0.735.